The van der Waals surface area contributed by atoms with Crippen LogP contribution >= 0.6 is 0 Å². The van der Waals surface area contributed by atoms with Crippen molar-refractivity contribution >= 4 is 0 Å². The molecule has 1 rings (SSSR count). The van der Waals surface area contributed by atoms with Gasteiger partial charge in [0.1, 0.15) is 6.79 Å². The van der Waals surface area contributed by atoms with E-state index in [0.717, 1.165) is 19.6 Å². The molecule has 0 spiro atoms. The maximum Gasteiger partial charge on any atom is 0.139 e. The molecule has 0 saturated carbocycles. The molecule has 1 heterocycles. The summed E-state index contributed by atoms with van der Waals surface area (Å²) in [5, 5.41) is 0. The molecule has 1 saturated heterocycles. The monoisotopic (exact) mass is 167 g/mol. The van der Waals surface area contributed by atoms with Crippen LogP contribution in [0.5, 0.6) is 0 Å². The molecule has 0 N–H and O–H groups in total. The summed E-state index contributed by atoms with van der Waals surface area (Å²) in [6, 6.07) is 0. The molecule has 0 atom stereocenters. The second-order valence-electron chi connectivity index (χ2n) is 1.92. The van der Waals surface area contributed by atoms with Crippen LogP contribution in [0.4, 0.5) is 0 Å². The summed E-state index contributed by atoms with van der Waals surface area (Å²) in [7, 11) is 0. The van der Waals surface area contributed by atoms with Gasteiger partial charge in [0.2, 0.25) is 0 Å². The van der Waals surface area contributed by atoms with Crippen molar-refractivity contribution < 1.29 is 26.8 Å². The van der Waals surface area contributed by atoms with E-state index in [0.29, 0.717) is 6.79 Å². The third-order valence-electron chi connectivity index (χ3n) is 1.28. The Labute approximate surface area is 66.7 Å². The van der Waals surface area contributed by atoms with E-state index in [9.17, 15) is 0 Å². The molecule has 0 aromatic rings. The fourth-order valence-corrected chi connectivity index (χ4v) is 0.677. The van der Waals surface area contributed by atoms with Gasteiger partial charge in [0.25, 0.3) is 0 Å². The second-order valence-corrected chi connectivity index (χ2v) is 1.92. The summed E-state index contributed by atoms with van der Waals surface area (Å²) in [5.41, 5.74) is 0. The van der Waals surface area contributed by atoms with E-state index in [2.05, 4.69) is 6.92 Å². The summed E-state index contributed by atoms with van der Waals surface area (Å²) >= 11 is 0. The van der Waals surface area contributed by atoms with Crippen LogP contribution in [0.2, 0.25) is 0 Å². The first kappa shape index (κ1) is 9.45. The first-order chi connectivity index (χ1) is 3.93. The van der Waals surface area contributed by atoms with Crippen LogP contribution < -0.4 is 0 Å². The summed E-state index contributed by atoms with van der Waals surface area (Å²) in [4.78, 5) is 0. The van der Waals surface area contributed by atoms with Gasteiger partial charge in [0, 0.05) is 17.4 Å². The molecular weight excluding hydrogens is 156 g/mol. The molecule has 0 radical (unpaired) electrons. The Balaban J connectivity index is 0.000000640. The van der Waals surface area contributed by atoms with Crippen LogP contribution in [0, 0.1) is 5.92 Å². The van der Waals surface area contributed by atoms with Gasteiger partial charge in [-0.05, 0) is 0 Å². The predicted octanol–water partition coefficient (Wildman–Crippen LogP) is 0.973. The molecule has 9 heavy (non-hydrogen) atoms. The van der Waals surface area contributed by atoms with E-state index in [1.807, 2.05) is 0 Å². The van der Waals surface area contributed by atoms with Crippen LogP contribution in [0.25, 0.3) is 0 Å². The fraction of sp³-hybridized carbons (Fsp3) is 0.833. The minimum atomic E-state index is 0. The average molecular weight is 167 g/mol. The number of rotatable bonds is 1. The van der Waals surface area contributed by atoms with E-state index in [4.69, 9.17) is 9.47 Å². The van der Waals surface area contributed by atoms with Crippen molar-refractivity contribution in [1.82, 2.24) is 0 Å². The average Bonchev–Trinajstić information content (AvgIpc) is 1.90. The molecule has 54 valence electrons. The molecule has 0 amide bonds. The zero-order chi connectivity index (χ0) is 5.82. The van der Waals surface area contributed by atoms with E-state index in [-0.39, 0.29) is 17.4 Å². The Morgan fingerprint density at radius 3 is 2.22 bits per heavy atom. The van der Waals surface area contributed by atoms with Crippen molar-refractivity contribution in [3.63, 3.8) is 0 Å². The first-order valence-electron chi connectivity index (χ1n) is 2.92. The molecule has 0 aliphatic carbocycles. The second kappa shape index (κ2) is 5.25. The smallest absolute Gasteiger partial charge is 0.139 e. The van der Waals surface area contributed by atoms with E-state index in [1.54, 1.807) is 0 Å². The summed E-state index contributed by atoms with van der Waals surface area (Å²) in [6.45, 7) is 4.20. The standard InChI is InChI=1S/C6H11O2.Cr/c1-2-6-3-7-5-8-4-6;/h2-5H2,1H3;/q-1;. The third kappa shape index (κ3) is 3.22. The molecule has 3 heteroatoms. The van der Waals surface area contributed by atoms with Crippen LogP contribution in [-0.4, -0.2) is 20.0 Å². The molecule has 1 aliphatic heterocycles. The topological polar surface area (TPSA) is 18.5 Å². The van der Waals surface area contributed by atoms with Crippen molar-refractivity contribution in [2.24, 2.45) is 0 Å². The molecule has 2 nitrogen and oxygen atoms in total. The van der Waals surface area contributed by atoms with Crippen LogP contribution in [0.3, 0.4) is 0 Å². The third-order valence-corrected chi connectivity index (χ3v) is 1.28. The van der Waals surface area contributed by atoms with Gasteiger partial charge < -0.3 is 9.47 Å². The molecule has 0 aromatic heterocycles. The maximum absolute atomic E-state index is 5.01. The molecular formula is C6H11CrO2-. The zero-order valence-corrected chi connectivity index (χ0v) is 6.83. The van der Waals surface area contributed by atoms with Crippen LogP contribution in [-0.2, 0) is 26.8 Å². The van der Waals surface area contributed by atoms with Gasteiger partial charge in [-0.2, -0.15) is 6.42 Å². The molecule has 0 unspecified atom stereocenters. The van der Waals surface area contributed by atoms with E-state index < -0.39 is 0 Å². The van der Waals surface area contributed by atoms with Crippen molar-refractivity contribution in [2.75, 3.05) is 20.0 Å². The van der Waals surface area contributed by atoms with Gasteiger partial charge in [-0.1, -0.05) is 20.1 Å². The fourth-order valence-electron chi connectivity index (χ4n) is 0.677. The number of ether oxygens (including phenoxy) is 2. The molecule has 0 aromatic carbocycles. The largest absolute Gasteiger partial charge is 0.387 e. The Morgan fingerprint density at radius 2 is 1.89 bits per heavy atom. The van der Waals surface area contributed by atoms with Gasteiger partial charge in [-0.25, -0.2) is 0 Å². The molecule has 1 fully saturated rings. The van der Waals surface area contributed by atoms with Gasteiger partial charge in [0.05, 0.1) is 0 Å². The van der Waals surface area contributed by atoms with Gasteiger partial charge in [0.15, 0.2) is 0 Å². The zero-order valence-electron chi connectivity index (χ0n) is 5.55. The minimum absolute atomic E-state index is 0. The van der Waals surface area contributed by atoms with E-state index in [1.165, 1.54) is 5.92 Å². The Hall–Kier alpha value is 0.452. The van der Waals surface area contributed by atoms with E-state index >= 15 is 0 Å². The van der Waals surface area contributed by atoms with Crippen molar-refractivity contribution in [3.8, 4) is 0 Å². The van der Waals surface area contributed by atoms with Crippen molar-refractivity contribution in [2.45, 2.75) is 13.3 Å². The van der Waals surface area contributed by atoms with Gasteiger partial charge >= 0.3 is 0 Å². The quantitative estimate of drug-likeness (QED) is 0.542. The Morgan fingerprint density at radius 1 is 1.33 bits per heavy atom. The van der Waals surface area contributed by atoms with Crippen molar-refractivity contribution in [3.05, 3.63) is 5.92 Å². The summed E-state index contributed by atoms with van der Waals surface area (Å²) in [5.74, 6) is 1.36. The van der Waals surface area contributed by atoms with Crippen LogP contribution in [0.15, 0.2) is 0 Å². The number of hydrogen-bond donors (Lipinski definition) is 0. The number of hydrogen-bond acceptors (Lipinski definition) is 2. The Bertz CT molecular complexity index is 62.1. The van der Waals surface area contributed by atoms with Gasteiger partial charge in [-0.3, -0.25) is 5.92 Å². The molecule has 0 bridgehead atoms. The van der Waals surface area contributed by atoms with Crippen molar-refractivity contribution in [1.29, 1.82) is 0 Å². The summed E-state index contributed by atoms with van der Waals surface area (Å²) < 4.78 is 10.0. The van der Waals surface area contributed by atoms with Crippen LogP contribution in [0.1, 0.15) is 13.3 Å². The molecule has 1 aliphatic rings. The SMILES string of the molecule is CC[C-]1COCOC1.[Cr]. The maximum atomic E-state index is 5.01. The first-order valence-corrected chi connectivity index (χ1v) is 2.92. The minimum Gasteiger partial charge on any atom is -0.387 e. The normalized spacial score (nSPS) is 21.0. The van der Waals surface area contributed by atoms with Gasteiger partial charge in [-0.15, -0.1) is 0 Å². The summed E-state index contributed by atoms with van der Waals surface area (Å²) in [6.07, 6.45) is 1.08. The predicted molar refractivity (Wildman–Crippen MR) is 30.3 cm³/mol. The Kier molecular flexibility index (Phi) is 5.52.